The Balaban J connectivity index is 1.25. The van der Waals surface area contributed by atoms with Crippen molar-refractivity contribution in [3.63, 3.8) is 0 Å². The number of amides is 1. The number of nitrogens with zero attached hydrogens (tertiary/aromatic N) is 2. The molecule has 0 aliphatic carbocycles. The Kier molecular flexibility index (Phi) is 11.1. The Bertz CT molecular complexity index is 1880. The summed E-state index contributed by atoms with van der Waals surface area (Å²) in [5, 5.41) is 10.7. The van der Waals surface area contributed by atoms with Crippen LogP contribution in [-0.2, 0) is 27.3 Å². The minimum atomic E-state index is -0.470. The molecule has 0 spiro atoms. The molecule has 1 fully saturated rings. The van der Waals surface area contributed by atoms with Crippen LogP contribution in [0, 0.1) is 0 Å². The maximum atomic E-state index is 13.1. The van der Waals surface area contributed by atoms with Crippen molar-refractivity contribution < 1.29 is 47.5 Å². The van der Waals surface area contributed by atoms with Gasteiger partial charge in [-0.1, -0.05) is 6.07 Å². The standard InChI is InChI=1S/C36H40N2O11/c1-6-47-33(42)16-24-15-22(7-9-28(24)43-2)30-19-27(40)34-26(39)17-25(18-31(34)49-30)48-21-32(41)38-13-11-37(12-14-38)20-23-8-10-29(44-3)36(46-5)35(23)45-4/h7-10,15,17-19,39H,6,11-14,16,20-21H2,1-5H3. The number of fused-ring (bicyclic) bond motifs is 1. The van der Waals surface area contributed by atoms with Crippen molar-refractivity contribution >= 4 is 22.8 Å². The maximum absolute atomic E-state index is 13.1. The van der Waals surface area contributed by atoms with Gasteiger partial charge >= 0.3 is 5.97 Å². The van der Waals surface area contributed by atoms with Crippen LogP contribution in [-0.4, -0.2) is 94.6 Å². The molecule has 4 aromatic rings. The van der Waals surface area contributed by atoms with E-state index in [1.54, 1.807) is 51.4 Å². The average Bonchev–Trinajstić information content (AvgIpc) is 3.10. The highest BCUT2D eigenvalue weighted by Crippen LogP contribution is 2.40. The zero-order chi connectivity index (χ0) is 35.1. The third kappa shape index (κ3) is 7.83. The number of benzene rings is 3. The van der Waals surface area contributed by atoms with Gasteiger partial charge in [0, 0.05) is 67.6 Å². The van der Waals surface area contributed by atoms with E-state index in [1.165, 1.54) is 25.3 Å². The Morgan fingerprint density at radius 2 is 1.55 bits per heavy atom. The molecule has 3 aromatic carbocycles. The number of methoxy groups -OCH3 is 4. The van der Waals surface area contributed by atoms with E-state index in [2.05, 4.69) is 4.90 Å². The highest BCUT2D eigenvalue weighted by atomic mass is 16.5. The van der Waals surface area contributed by atoms with Crippen LogP contribution in [0.5, 0.6) is 34.5 Å². The monoisotopic (exact) mass is 676 g/mol. The maximum Gasteiger partial charge on any atom is 0.310 e. The second-order valence-electron chi connectivity index (χ2n) is 11.2. The van der Waals surface area contributed by atoms with Crippen molar-refractivity contribution in [2.75, 3.05) is 67.8 Å². The zero-order valence-corrected chi connectivity index (χ0v) is 28.2. The van der Waals surface area contributed by atoms with Gasteiger partial charge in [0.15, 0.2) is 23.5 Å². The van der Waals surface area contributed by atoms with Crippen LogP contribution >= 0.6 is 0 Å². The van der Waals surface area contributed by atoms with E-state index in [1.807, 2.05) is 12.1 Å². The van der Waals surface area contributed by atoms with E-state index in [0.717, 1.165) is 5.56 Å². The van der Waals surface area contributed by atoms with Crippen molar-refractivity contribution in [2.45, 2.75) is 19.9 Å². The minimum Gasteiger partial charge on any atom is -0.507 e. The van der Waals surface area contributed by atoms with Gasteiger partial charge in [-0.25, -0.2) is 0 Å². The highest BCUT2D eigenvalue weighted by molar-refractivity contribution is 5.86. The van der Waals surface area contributed by atoms with E-state index in [9.17, 15) is 19.5 Å². The van der Waals surface area contributed by atoms with Crippen LogP contribution in [0.3, 0.4) is 0 Å². The Labute approximate surface area is 283 Å². The third-order valence-electron chi connectivity index (χ3n) is 8.26. The van der Waals surface area contributed by atoms with Gasteiger partial charge in [0.05, 0.1) is 41.5 Å². The Hall–Kier alpha value is -5.43. The first-order valence-electron chi connectivity index (χ1n) is 15.7. The number of piperazine rings is 1. The fourth-order valence-electron chi connectivity index (χ4n) is 5.83. The molecule has 5 rings (SSSR count). The molecule has 1 aliphatic heterocycles. The van der Waals surface area contributed by atoms with Crippen molar-refractivity contribution in [2.24, 2.45) is 0 Å². The predicted octanol–water partition coefficient (Wildman–Crippen LogP) is 4.03. The number of phenolic OH excluding ortho intramolecular Hbond substituents is 1. The van der Waals surface area contributed by atoms with Gasteiger partial charge in [-0.05, 0) is 31.2 Å². The molecule has 0 atom stereocenters. The molecule has 1 N–H and O–H groups in total. The lowest BCUT2D eigenvalue weighted by atomic mass is 10.0. The third-order valence-corrected chi connectivity index (χ3v) is 8.26. The number of hydrogen-bond acceptors (Lipinski definition) is 12. The molecule has 1 saturated heterocycles. The van der Waals surface area contributed by atoms with Crippen molar-refractivity contribution in [1.29, 1.82) is 0 Å². The van der Waals surface area contributed by atoms with Crippen LogP contribution in [0.25, 0.3) is 22.3 Å². The van der Waals surface area contributed by atoms with Gasteiger partial charge in [-0.15, -0.1) is 0 Å². The fraction of sp³-hybridized carbons (Fsp3) is 0.361. The van der Waals surface area contributed by atoms with Crippen LogP contribution in [0.2, 0.25) is 0 Å². The van der Waals surface area contributed by atoms with Gasteiger partial charge in [-0.3, -0.25) is 19.3 Å². The average molecular weight is 677 g/mol. The molecule has 0 radical (unpaired) electrons. The number of phenols is 1. The number of aromatic hydroxyl groups is 1. The van der Waals surface area contributed by atoms with Crippen LogP contribution in [0.15, 0.2) is 57.7 Å². The molecule has 1 amide bonds. The summed E-state index contributed by atoms with van der Waals surface area (Å²) in [6.07, 6.45) is -0.0306. The van der Waals surface area contributed by atoms with E-state index >= 15 is 0 Å². The van der Waals surface area contributed by atoms with Crippen molar-refractivity contribution in [3.8, 4) is 45.8 Å². The number of ether oxygens (including phenoxy) is 6. The molecule has 0 bridgehead atoms. The first-order chi connectivity index (χ1) is 23.7. The molecule has 1 aliphatic rings. The lowest BCUT2D eigenvalue weighted by molar-refractivity contribution is -0.142. The second-order valence-corrected chi connectivity index (χ2v) is 11.2. The number of rotatable bonds is 13. The first kappa shape index (κ1) is 34.9. The molecular weight excluding hydrogens is 636 g/mol. The molecule has 13 nitrogen and oxygen atoms in total. The summed E-state index contributed by atoms with van der Waals surface area (Å²) >= 11 is 0. The van der Waals surface area contributed by atoms with Crippen molar-refractivity contribution in [1.82, 2.24) is 9.80 Å². The Morgan fingerprint density at radius 3 is 2.22 bits per heavy atom. The van der Waals surface area contributed by atoms with Gasteiger partial charge in [0.1, 0.15) is 34.0 Å². The second kappa shape index (κ2) is 15.6. The van der Waals surface area contributed by atoms with E-state index < -0.39 is 11.4 Å². The molecule has 1 aromatic heterocycles. The molecule has 0 unspecified atom stereocenters. The molecule has 0 saturated carbocycles. The summed E-state index contributed by atoms with van der Waals surface area (Å²) in [5.41, 5.74) is 1.62. The fourth-order valence-corrected chi connectivity index (χ4v) is 5.83. The summed E-state index contributed by atoms with van der Waals surface area (Å²) in [6, 6.07) is 12.8. The quantitative estimate of drug-likeness (QED) is 0.204. The summed E-state index contributed by atoms with van der Waals surface area (Å²) in [6.45, 7) is 4.58. The largest absolute Gasteiger partial charge is 0.507 e. The van der Waals surface area contributed by atoms with E-state index in [4.69, 9.17) is 32.8 Å². The SMILES string of the molecule is CCOC(=O)Cc1cc(-c2cc(=O)c3c(O)cc(OCC(=O)N4CCN(Cc5ccc(OC)c(OC)c5OC)CC4)cc3o2)ccc1OC. The van der Waals surface area contributed by atoms with Gasteiger partial charge in [0.2, 0.25) is 5.75 Å². The minimum absolute atomic E-state index is 0.0232. The van der Waals surface area contributed by atoms with Crippen LogP contribution in [0.1, 0.15) is 18.1 Å². The lowest BCUT2D eigenvalue weighted by Gasteiger charge is -2.35. The van der Waals surface area contributed by atoms with Crippen LogP contribution < -0.4 is 29.1 Å². The van der Waals surface area contributed by atoms with E-state index in [-0.39, 0.29) is 53.8 Å². The smallest absolute Gasteiger partial charge is 0.310 e. The normalized spacial score (nSPS) is 13.2. The zero-order valence-electron chi connectivity index (χ0n) is 28.2. The Morgan fingerprint density at radius 1 is 0.837 bits per heavy atom. The number of carbonyl (C=O) groups is 2. The number of esters is 1. The predicted molar refractivity (Wildman–Crippen MR) is 180 cm³/mol. The summed E-state index contributed by atoms with van der Waals surface area (Å²) in [4.78, 5) is 42.2. The molecule has 2 heterocycles. The van der Waals surface area contributed by atoms with Crippen LogP contribution in [0.4, 0.5) is 0 Å². The van der Waals surface area contributed by atoms with Gasteiger partial charge in [-0.2, -0.15) is 0 Å². The van der Waals surface area contributed by atoms with Gasteiger partial charge in [0.25, 0.3) is 5.91 Å². The number of hydrogen-bond donors (Lipinski definition) is 1. The highest BCUT2D eigenvalue weighted by Gasteiger charge is 2.24. The summed E-state index contributed by atoms with van der Waals surface area (Å²) < 4.78 is 38.8. The molecule has 49 heavy (non-hydrogen) atoms. The first-order valence-corrected chi connectivity index (χ1v) is 15.7. The lowest BCUT2D eigenvalue weighted by Crippen LogP contribution is -2.49. The number of carbonyl (C=O) groups excluding carboxylic acids is 2. The van der Waals surface area contributed by atoms with Gasteiger partial charge < -0.3 is 42.8 Å². The summed E-state index contributed by atoms with van der Waals surface area (Å²) in [7, 11) is 6.22. The van der Waals surface area contributed by atoms with E-state index in [0.29, 0.717) is 66.8 Å². The topological polar surface area (TPSA) is 146 Å². The van der Waals surface area contributed by atoms with Crippen molar-refractivity contribution in [3.05, 3.63) is 69.9 Å². The molecule has 260 valence electrons. The summed E-state index contributed by atoms with van der Waals surface area (Å²) in [5.74, 6) is 1.61. The molecular formula is C36H40N2O11. The molecule has 13 heteroatoms.